The Bertz CT molecular complexity index is 594. The van der Waals surface area contributed by atoms with E-state index in [1.54, 1.807) is 12.1 Å². The summed E-state index contributed by atoms with van der Waals surface area (Å²) in [5.74, 6) is 2.32. The summed E-state index contributed by atoms with van der Waals surface area (Å²) in [5, 5.41) is 3.75. The molecule has 0 aliphatic heterocycles. The summed E-state index contributed by atoms with van der Waals surface area (Å²) in [6, 6.07) is 4.68. The smallest absolute Gasteiger partial charge is 0.243 e. The molecule has 0 radical (unpaired) electrons. The average molecular weight is 315 g/mol. The predicted molar refractivity (Wildman–Crippen MR) is 82.1 cm³/mol. The van der Waals surface area contributed by atoms with Crippen molar-refractivity contribution in [3.63, 3.8) is 0 Å². The van der Waals surface area contributed by atoms with Crippen molar-refractivity contribution in [1.29, 1.82) is 0 Å². The van der Waals surface area contributed by atoms with Gasteiger partial charge in [-0.1, -0.05) is 24.4 Å². The van der Waals surface area contributed by atoms with Crippen LogP contribution in [0, 0.1) is 12.3 Å². The van der Waals surface area contributed by atoms with E-state index in [2.05, 4.69) is 18.2 Å². The highest BCUT2D eigenvalue weighted by Gasteiger charge is 2.20. The number of nitrogens with one attached hydrogen (secondary N) is 1. The quantitative estimate of drug-likeness (QED) is 0.619. The SMILES string of the molecule is C#CCN(C)S(=O)(=O)c1ccc(Cl)c(CNCCC)c1. The summed E-state index contributed by atoms with van der Waals surface area (Å²) >= 11 is 6.09. The molecule has 20 heavy (non-hydrogen) atoms. The van der Waals surface area contributed by atoms with Gasteiger partial charge >= 0.3 is 0 Å². The van der Waals surface area contributed by atoms with Gasteiger partial charge in [-0.05, 0) is 36.7 Å². The molecular weight excluding hydrogens is 296 g/mol. The van der Waals surface area contributed by atoms with Gasteiger partial charge < -0.3 is 5.32 Å². The van der Waals surface area contributed by atoms with Crippen LogP contribution in [0.4, 0.5) is 0 Å². The van der Waals surface area contributed by atoms with Gasteiger partial charge in [-0.15, -0.1) is 6.42 Å². The van der Waals surface area contributed by atoms with Gasteiger partial charge in [0.2, 0.25) is 10.0 Å². The van der Waals surface area contributed by atoms with E-state index in [1.165, 1.54) is 13.1 Å². The molecular formula is C14H19ClN2O2S. The molecule has 0 unspecified atom stereocenters. The summed E-state index contributed by atoms with van der Waals surface area (Å²) in [6.45, 7) is 3.48. The third kappa shape index (κ3) is 4.22. The molecule has 1 rings (SSSR count). The third-order valence-electron chi connectivity index (χ3n) is 2.78. The highest BCUT2D eigenvalue weighted by molar-refractivity contribution is 7.89. The number of hydrogen-bond acceptors (Lipinski definition) is 3. The minimum Gasteiger partial charge on any atom is -0.313 e. The fraction of sp³-hybridized carbons (Fsp3) is 0.429. The summed E-state index contributed by atoms with van der Waals surface area (Å²) in [5.41, 5.74) is 0.760. The fourth-order valence-electron chi connectivity index (χ4n) is 1.64. The lowest BCUT2D eigenvalue weighted by molar-refractivity contribution is 0.503. The zero-order valence-electron chi connectivity index (χ0n) is 11.7. The Morgan fingerprint density at radius 3 is 2.75 bits per heavy atom. The number of nitrogens with zero attached hydrogens (tertiary/aromatic N) is 1. The van der Waals surface area contributed by atoms with Crippen LogP contribution in [0.3, 0.4) is 0 Å². The van der Waals surface area contributed by atoms with Crippen molar-refractivity contribution in [1.82, 2.24) is 9.62 Å². The van der Waals surface area contributed by atoms with Crippen molar-refractivity contribution in [2.24, 2.45) is 0 Å². The third-order valence-corrected chi connectivity index (χ3v) is 4.95. The van der Waals surface area contributed by atoms with Crippen LogP contribution in [0.15, 0.2) is 23.1 Å². The van der Waals surface area contributed by atoms with Gasteiger partial charge in [0.15, 0.2) is 0 Å². The molecule has 1 aromatic rings. The van der Waals surface area contributed by atoms with E-state index in [-0.39, 0.29) is 11.4 Å². The minimum absolute atomic E-state index is 0.0361. The van der Waals surface area contributed by atoms with Crippen molar-refractivity contribution in [3.8, 4) is 12.3 Å². The van der Waals surface area contributed by atoms with Crippen LogP contribution < -0.4 is 5.32 Å². The van der Waals surface area contributed by atoms with Crippen LogP contribution in [0.2, 0.25) is 5.02 Å². The Labute approximate surface area is 126 Å². The maximum Gasteiger partial charge on any atom is 0.243 e. The first-order valence-electron chi connectivity index (χ1n) is 6.32. The van der Waals surface area contributed by atoms with Crippen LogP contribution >= 0.6 is 11.6 Å². The summed E-state index contributed by atoms with van der Waals surface area (Å²) < 4.78 is 25.7. The van der Waals surface area contributed by atoms with Crippen molar-refractivity contribution in [2.45, 2.75) is 24.8 Å². The van der Waals surface area contributed by atoms with Crippen molar-refractivity contribution >= 4 is 21.6 Å². The summed E-state index contributed by atoms with van der Waals surface area (Å²) in [4.78, 5) is 0.202. The van der Waals surface area contributed by atoms with E-state index in [0.29, 0.717) is 11.6 Å². The molecule has 0 atom stereocenters. The van der Waals surface area contributed by atoms with Gasteiger partial charge in [0.1, 0.15) is 0 Å². The molecule has 0 amide bonds. The lowest BCUT2D eigenvalue weighted by Crippen LogP contribution is -2.27. The standard InChI is InChI=1S/C14H19ClN2O2S/c1-4-8-16-11-12-10-13(6-7-14(12)15)20(18,19)17(3)9-5-2/h2,6-7,10,16H,4,8-9,11H2,1,3H3. The lowest BCUT2D eigenvalue weighted by Gasteiger charge is -2.15. The first kappa shape index (κ1) is 17.0. The second kappa shape index (κ2) is 7.65. The maximum atomic E-state index is 12.3. The Morgan fingerprint density at radius 1 is 1.45 bits per heavy atom. The van der Waals surface area contributed by atoms with Crippen LogP contribution in [-0.2, 0) is 16.6 Å². The number of terminal acetylenes is 1. The first-order chi connectivity index (χ1) is 9.43. The second-order valence-electron chi connectivity index (χ2n) is 4.40. The van der Waals surface area contributed by atoms with E-state index in [4.69, 9.17) is 18.0 Å². The maximum absolute atomic E-state index is 12.3. The van der Waals surface area contributed by atoms with Gasteiger partial charge in [0, 0.05) is 18.6 Å². The normalized spacial score (nSPS) is 11.6. The van der Waals surface area contributed by atoms with Crippen molar-refractivity contribution in [2.75, 3.05) is 20.1 Å². The molecule has 0 bridgehead atoms. The predicted octanol–water partition coefficient (Wildman–Crippen LogP) is 2.09. The highest BCUT2D eigenvalue weighted by atomic mass is 35.5. The van der Waals surface area contributed by atoms with Gasteiger partial charge in [-0.2, -0.15) is 4.31 Å². The van der Waals surface area contributed by atoms with E-state index in [1.807, 2.05) is 0 Å². The molecule has 0 heterocycles. The second-order valence-corrected chi connectivity index (χ2v) is 6.85. The highest BCUT2D eigenvalue weighted by Crippen LogP contribution is 2.22. The Morgan fingerprint density at radius 2 is 2.15 bits per heavy atom. The molecule has 0 saturated heterocycles. The molecule has 0 aromatic heterocycles. The van der Waals surface area contributed by atoms with E-state index < -0.39 is 10.0 Å². The zero-order valence-corrected chi connectivity index (χ0v) is 13.3. The average Bonchev–Trinajstić information content (AvgIpc) is 2.41. The number of halogens is 1. The minimum atomic E-state index is -3.57. The van der Waals surface area contributed by atoms with Crippen LogP contribution in [0.25, 0.3) is 0 Å². The molecule has 0 aliphatic rings. The van der Waals surface area contributed by atoms with E-state index in [9.17, 15) is 8.42 Å². The first-order valence-corrected chi connectivity index (χ1v) is 8.14. The fourth-order valence-corrected chi connectivity index (χ4v) is 2.96. The molecule has 110 valence electrons. The van der Waals surface area contributed by atoms with Gasteiger partial charge in [0.25, 0.3) is 0 Å². The molecule has 4 nitrogen and oxygen atoms in total. The summed E-state index contributed by atoms with van der Waals surface area (Å²) in [6.07, 6.45) is 6.15. The molecule has 0 fully saturated rings. The number of rotatable bonds is 7. The lowest BCUT2D eigenvalue weighted by atomic mass is 10.2. The van der Waals surface area contributed by atoms with Crippen LogP contribution in [-0.4, -0.2) is 32.9 Å². The Kier molecular flexibility index (Phi) is 6.50. The number of benzene rings is 1. The topological polar surface area (TPSA) is 49.4 Å². The largest absolute Gasteiger partial charge is 0.313 e. The van der Waals surface area contributed by atoms with Crippen molar-refractivity contribution < 1.29 is 8.42 Å². The van der Waals surface area contributed by atoms with Gasteiger partial charge in [-0.25, -0.2) is 8.42 Å². The number of sulfonamides is 1. The molecule has 0 spiro atoms. The van der Waals surface area contributed by atoms with E-state index >= 15 is 0 Å². The van der Waals surface area contributed by atoms with Crippen molar-refractivity contribution in [3.05, 3.63) is 28.8 Å². The molecule has 1 N–H and O–H groups in total. The summed E-state index contributed by atoms with van der Waals surface area (Å²) in [7, 11) is -2.11. The monoisotopic (exact) mass is 314 g/mol. The molecule has 6 heteroatoms. The van der Waals surface area contributed by atoms with Gasteiger partial charge in [-0.3, -0.25) is 0 Å². The van der Waals surface area contributed by atoms with Gasteiger partial charge in [0.05, 0.1) is 11.4 Å². The molecule has 0 aliphatic carbocycles. The van der Waals surface area contributed by atoms with E-state index in [0.717, 1.165) is 22.8 Å². The zero-order chi connectivity index (χ0) is 15.2. The van der Waals surface area contributed by atoms with Crippen LogP contribution in [0.1, 0.15) is 18.9 Å². The Balaban J connectivity index is 3.03. The molecule has 1 aromatic carbocycles. The Hall–Kier alpha value is -1.06. The number of hydrogen-bond donors (Lipinski definition) is 1. The van der Waals surface area contributed by atoms with Crippen LogP contribution in [0.5, 0.6) is 0 Å². The molecule has 0 saturated carbocycles.